The summed E-state index contributed by atoms with van der Waals surface area (Å²) in [6.07, 6.45) is 4.05. The molecule has 1 aliphatic rings. The van der Waals surface area contributed by atoms with Crippen LogP contribution in [0.4, 0.5) is 23.0 Å². The van der Waals surface area contributed by atoms with Gasteiger partial charge < -0.3 is 25.0 Å². The molecule has 2 heterocycles. The van der Waals surface area contributed by atoms with Gasteiger partial charge in [-0.3, -0.25) is 4.79 Å². The van der Waals surface area contributed by atoms with Crippen LogP contribution in [-0.2, 0) is 19.1 Å². The third-order valence-electron chi connectivity index (χ3n) is 5.42. The van der Waals surface area contributed by atoms with Crippen LogP contribution in [0, 0.1) is 6.92 Å². The van der Waals surface area contributed by atoms with Crippen LogP contribution in [0.15, 0.2) is 76.8 Å². The summed E-state index contributed by atoms with van der Waals surface area (Å²) in [7, 11) is 0. The number of benzene rings is 2. The van der Waals surface area contributed by atoms with Gasteiger partial charge in [-0.05, 0) is 62.4 Å². The van der Waals surface area contributed by atoms with Gasteiger partial charge in [0.25, 0.3) is 0 Å². The summed E-state index contributed by atoms with van der Waals surface area (Å²) < 4.78 is 10.2. The van der Waals surface area contributed by atoms with Gasteiger partial charge in [0.1, 0.15) is 5.03 Å². The Kier molecular flexibility index (Phi) is 9.12. The summed E-state index contributed by atoms with van der Waals surface area (Å²) >= 11 is 1.51. The SMILES string of the molecule is CCOC(=O)C=CC(=O)Nc1ccc(Sc2nc(Nc3ccc(N4CCOCC4)cc3)ncc2C)cc1. The predicted octanol–water partition coefficient (Wildman–Crippen LogP) is 4.57. The maximum absolute atomic E-state index is 12.0. The van der Waals surface area contributed by atoms with Crippen LogP contribution in [-0.4, -0.2) is 54.8 Å². The molecule has 1 aliphatic heterocycles. The van der Waals surface area contributed by atoms with Gasteiger partial charge in [-0.1, -0.05) is 11.8 Å². The van der Waals surface area contributed by atoms with Gasteiger partial charge in [0.05, 0.1) is 19.8 Å². The molecule has 0 radical (unpaired) electrons. The Morgan fingerprint density at radius 1 is 1.05 bits per heavy atom. The molecule has 37 heavy (non-hydrogen) atoms. The van der Waals surface area contributed by atoms with E-state index < -0.39 is 11.9 Å². The van der Waals surface area contributed by atoms with Crippen molar-refractivity contribution >= 4 is 46.6 Å². The van der Waals surface area contributed by atoms with Crippen LogP contribution in [0.25, 0.3) is 0 Å². The van der Waals surface area contributed by atoms with Crippen LogP contribution >= 0.6 is 11.8 Å². The lowest BCUT2D eigenvalue weighted by Crippen LogP contribution is -2.36. The molecular formula is C27H29N5O4S. The number of aromatic nitrogens is 2. The first-order valence-electron chi connectivity index (χ1n) is 12.0. The van der Waals surface area contributed by atoms with Crippen molar-refractivity contribution in [3.63, 3.8) is 0 Å². The molecule has 1 fully saturated rings. The summed E-state index contributed by atoms with van der Waals surface area (Å²) in [5, 5.41) is 6.83. The standard InChI is InChI=1S/C27H29N5O4S/c1-3-36-25(34)13-12-24(33)29-20-6-10-23(11-7-20)37-26-19(2)18-28-27(31-26)30-21-4-8-22(9-5-21)32-14-16-35-17-15-32/h4-13,18H,3,14-17H2,1-2H3,(H,29,33)(H,28,30,31). The molecule has 0 unspecified atom stereocenters. The van der Waals surface area contributed by atoms with Crippen LogP contribution in [0.1, 0.15) is 12.5 Å². The van der Waals surface area contributed by atoms with E-state index in [2.05, 4.69) is 32.7 Å². The number of anilines is 4. The Balaban J connectivity index is 1.35. The van der Waals surface area contributed by atoms with Crippen molar-refractivity contribution in [1.29, 1.82) is 0 Å². The van der Waals surface area contributed by atoms with E-state index in [0.717, 1.165) is 59.6 Å². The van der Waals surface area contributed by atoms with E-state index in [9.17, 15) is 9.59 Å². The number of nitrogens with one attached hydrogen (secondary N) is 2. The molecule has 2 N–H and O–H groups in total. The van der Waals surface area contributed by atoms with Crippen LogP contribution in [0.5, 0.6) is 0 Å². The van der Waals surface area contributed by atoms with Crippen molar-refractivity contribution in [1.82, 2.24) is 9.97 Å². The number of aryl methyl sites for hydroxylation is 1. The topological polar surface area (TPSA) is 106 Å². The molecule has 2 aromatic carbocycles. The summed E-state index contributed by atoms with van der Waals surface area (Å²) in [5.41, 5.74) is 3.66. The first-order valence-corrected chi connectivity index (χ1v) is 12.8. The molecule has 0 atom stereocenters. The highest BCUT2D eigenvalue weighted by atomic mass is 32.2. The number of esters is 1. The molecule has 9 nitrogen and oxygen atoms in total. The van der Waals surface area contributed by atoms with Crippen molar-refractivity contribution < 1.29 is 19.1 Å². The number of morpholine rings is 1. The highest BCUT2D eigenvalue weighted by molar-refractivity contribution is 7.99. The van der Waals surface area contributed by atoms with Crippen LogP contribution < -0.4 is 15.5 Å². The zero-order chi connectivity index (χ0) is 26.0. The maximum Gasteiger partial charge on any atom is 0.330 e. The molecule has 0 bridgehead atoms. The van der Waals surface area contributed by atoms with E-state index in [1.165, 1.54) is 17.4 Å². The fourth-order valence-electron chi connectivity index (χ4n) is 3.53. The third kappa shape index (κ3) is 7.80. The number of carbonyl (C=O) groups is 2. The highest BCUT2D eigenvalue weighted by Crippen LogP contribution is 2.30. The Hall–Kier alpha value is -3.89. The Labute approximate surface area is 220 Å². The molecule has 1 aromatic heterocycles. The molecule has 10 heteroatoms. The van der Waals surface area contributed by atoms with E-state index in [1.54, 1.807) is 25.3 Å². The van der Waals surface area contributed by atoms with Gasteiger partial charge >= 0.3 is 5.97 Å². The molecule has 4 rings (SSSR count). The maximum atomic E-state index is 12.0. The van der Waals surface area contributed by atoms with Gasteiger partial charge in [-0.15, -0.1) is 0 Å². The zero-order valence-corrected chi connectivity index (χ0v) is 21.6. The predicted molar refractivity (Wildman–Crippen MR) is 144 cm³/mol. The zero-order valence-electron chi connectivity index (χ0n) is 20.8. The second kappa shape index (κ2) is 12.9. The minimum Gasteiger partial charge on any atom is -0.463 e. The van der Waals surface area contributed by atoms with Crippen LogP contribution in [0.2, 0.25) is 0 Å². The van der Waals surface area contributed by atoms with E-state index in [1.807, 2.05) is 31.2 Å². The lowest BCUT2D eigenvalue weighted by Gasteiger charge is -2.28. The second-order valence-electron chi connectivity index (χ2n) is 8.15. The van der Waals surface area contributed by atoms with Crippen molar-refractivity contribution in [2.75, 3.05) is 48.4 Å². The molecule has 1 saturated heterocycles. The summed E-state index contributed by atoms with van der Waals surface area (Å²) in [6.45, 7) is 7.23. The van der Waals surface area contributed by atoms with E-state index in [4.69, 9.17) is 14.5 Å². The number of carbonyl (C=O) groups excluding carboxylic acids is 2. The number of hydrogen-bond acceptors (Lipinski definition) is 9. The van der Waals surface area contributed by atoms with E-state index in [0.29, 0.717) is 11.6 Å². The number of hydrogen-bond donors (Lipinski definition) is 2. The first kappa shape index (κ1) is 26.2. The Bertz CT molecular complexity index is 1240. The summed E-state index contributed by atoms with van der Waals surface area (Å²) in [5.74, 6) is -0.443. The number of rotatable bonds is 9. The summed E-state index contributed by atoms with van der Waals surface area (Å²) in [6, 6.07) is 15.6. The Morgan fingerprint density at radius 3 is 2.46 bits per heavy atom. The quantitative estimate of drug-likeness (QED) is 0.239. The average Bonchev–Trinajstić information content (AvgIpc) is 2.92. The van der Waals surface area contributed by atoms with Gasteiger partial charge in [0.15, 0.2) is 0 Å². The number of nitrogens with zero attached hydrogens (tertiary/aromatic N) is 3. The number of amides is 1. The van der Waals surface area contributed by atoms with Gasteiger partial charge in [0.2, 0.25) is 11.9 Å². The van der Waals surface area contributed by atoms with Gasteiger partial charge in [-0.25, -0.2) is 14.8 Å². The fourth-order valence-corrected chi connectivity index (χ4v) is 4.37. The lowest BCUT2D eigenvalue weighted by molar-refractivity contribution is -0.137. The van der Waals surface area contributed by atoms with Crippen molar-refractivity contribution in [2.24, 2.45) is 0 Å². The third-order valence-corrected chi connectivity index (χ3v) is 6.53. The summed E-state index contributed by atoms with van der Waals surface area (Å²) in [4.78, 5) is 35.7. The smallest absolute Gasteiger partial charge is 0.330 e. The van der Waals surface area contributed by atoms with E-state index in [-0.39, 0.29) is 6.61 Å². The Morgan fingerprint density at radius 2 is 1.76 bits per heavy atom. The van der Waals surface area contributed by atoms with Crippen molar-refractivity contribution in [3.05, 3.63) is 72.4 Å². The fraction of sp³-hybridized carbons (Fsp3) is 0.259. The first-order chi connectivity index (χ1) is 18.0. The molecule has 0 saturated carbocycles. The molecule has 3 aromatic rings. The van der Waals surface area contributed by atoms with Gasteiger partial charge in [-0.2, -0.15) is 0 Å². The van der Waals surface area contributed by atoms with Crippen molar-refractivity contribution in [3.8, 4) is 0 Å². The van der Waals surface area contributed by atoms with Gasteiger partial charge in [0, 0.05) is 59.0 Å². The largest absolute Gasteiger partial charge is 0.463 e. The molecular weight excluding hydrogens is 490 g/mol. The lowest BCUT2D eigenvalue weighted by atomic mass is 10.2. The molecule has 0 spiro atoms. The van der Waals surface area contributed by atoms with Crippen LogP contribution in [0.3, 0.4) is 0 Å². The van der Waals surface area contributed by atoms with Crippen molar-refractivity contribution in [2.45, 2.75) is 23.8 Å². The number of ether oxygens (including phenoxy) is 2. The minimum absolute atomic E-state index is 0.260. The molecule has 0 aliphatic carbocycles. The minimum atomic E-state index is -0.552. The molecule has 192 valence electrons. The monoisotopic (exact) mass is 519 g/mol. The molecule has 1 amide bonds. The average molecular weight is 520 g/mol. The van der Waals surface area contributed by atoms with E-state index >= 15 is 0 Å². The highest BCUT2D eigenvalue weighted by Gasteiger charge is 2.12. The second-order valence-corrected chi connectivity index (χ2v) is 9.22. The normalized spacial score (nSPS) is 13.4.